The molecule has 4 nitrogen and oxygen atoms in total. The van der Waals surface area contributed by atoms with Crippen LogP contribution in [0.4, 0.5) is 0 Å². The molecule has 1 atom stereocenters. The van der Waals surface area contributed by atoms with Crippen molar-refractivity contribution < 1.29 is 19.8 Å². The zero-order chi connectivity index (χ0) is 21.6. The van der Waals surface area contributed by atoms with E-state index in [0.29, 0.717) is 17.9 Å². The van der Waals surface area contributed by atoms with Crippen LogP contribution in [-0.4, -0.2) is 21.8 Å². The average molecular weight is 405 g/mol. The highest BCUT2D eigenvalue weighted by atomic mass is 16.3. The summed E-state index contributed by atoms with van der Waals surface area (Å²) in [5.41, 5.74) is 1.16. The number of allylic oxidation sites excluding steroid dienone is 2. The van der Waals surface area contributed by atoms with Gasteiger partial charge in [-0.15, -0.1) is 0 Å². The molecule has 0 heterocycles. The second-order valence-corrected chi connectivity index (χ2v) is 8.23. The van der Waals surface area contributed by atoms with Crippen molar-refractivity contribution in [3.05, 3.63) is 77.4 Å². The van der Waals surface area contributed by atoms with Gasteiger partial charge in [-0.2, -0.15) is 0 Å². The van der Waals surface area contributed by atoms with Gasteiger partial charge in [0.1, 0.15) is 5.75 Å². The predicted molar refractivity (Wildman–Crippen MR) is 119 cm³/mol. The highest BCUT2D eigenvalue weighted by Crippen LogP contribution is 2.39. The van der Waals surface area contributed by atoms with Crippen LogP contribution in [0.3, 0.4) is 0 Å². The third-order valence-corrected chi connectivity index (χ3v) is 5.87. The fourth-order valence-electron chi connectivity index (χ4n) is 3.73. The molecular formula is C26H28O4. The van der Waals surface area contributed by atoms with Crippen LogP contribution in [0, 0.1) is 11.3 Å². The van der Waals surface area contributed by atoms with Gasteiger partial charge in [-0.1, -0.05) is 61.7 Å². The van der Waals surface area contributed by atoms with Gasteiger partial charge in [0.2, 0.25) is 0 Å². The van der Waals surface area contributed by atoms with Crippen molar-refractivity contribution in [2.24, 2.45) is 11.3 Å². The Bertz CT molecular complexity index is 969. The molecule has 2 N–H and O–H groups in total. The molecule has 2 aromatic rings. The molecule has 1 fully saturated rings. The number of phenols is 1. The molecule has 0 amide bonds. The zero-order valence-electron chi connectivity index (χ0n) is 17.3. The van der Waals surface area contributed by atoms with E-state index in [2.05, 4.69) is 0 Å². The Morgan fingerprint density at radius 1 is 1.00 bits per heavy atom. The maximum absolute atomic E-state index is 13.1. The average Bonchev–Trinajstić information content (AvgIpc) is 2.72. The molecule has 30 heavy (non-hydrogen) atoms. The maximum Gasteiger partial charge on any atom is 0.169 e. The third kappa shape index (κ3) is 5.33. The molecule has 1 aliphatic carbocycles. The van der Waals surface area contributed by atoms with Crippen molar-refractivity contribution in [3.8, 4) is 5.75 Å². The number of benzene rings is 2. The number of aliphatic hydroxyl groups is 1. The van der Waals surface area contributed by atoms with E-state index in [0.717, 1.165) is 30.4 Å². The lowest BCUT2D eigenvalue weighted by Gasteiger charge is -2.33. The van der Waals surface area contributed by atoms with Crippen LogP contribution in [0.2, 0.25) is 0 Å². The van der Waals surface area contributed by atoms with Gasteiger partial charge in [-0.25, -0.2) is 0 Å². The number of ketones is 2. The lowest BCUT2D eigenvalue weighted by atomic mass is 9.68. The number of carbonyl (C=O) groups is 2. The number of carbonyl (C=O) groups excluding carboxylic acids is 2. The van der Waals surface area contributed by atoms with Crippen molar-refractivity contribution in [2.45, 2.75) is 39.2 Å². The molecule has 3 rings (SSSR count). The molecule has 0 spiro atoms. The standard InChI is InChI=1S/C26H28O4/c1-26(17-21-7-3-8-21,25(30)14-12-20-6-4-10-23(28)16-20)24(29)13-11-19-5-2-9-22(15-19)18-27/h2,4-6,9-16,21,27-28H,3,7-8,17-18H2,1H3. The normalized spacial score (nSPS) is 16.5. The van der Waals surface area contributed by atoms with Crippen LogP contribution in [-0.2, 0) is 16.2 Å². The first-order valence-corrected chi connectivity index (χ1v) is 10.3. The Hall–Kier alpha value is -2.98. The van der Waals surface area contributed by atoms with Crippen molar-refractivity contribution in [1.29, 1.82) is 0 Å². The van der Waals surface area contributed by atoms with E-state index in [4.69, 9.17) is 0 Å². The summed E-state index contributed by atoms with van der Waals surface area (Å²) >= 11 is 0. The van der Waals surface area contributed by atoms with Crippen LogP contribution in [0.25, 0.3) is 12.2 Å². The Kier molecular flexibility index (Phi) is 7.01. The van der Waals surface area contributed by atoms with Gasteiger partial charge in [-0.05, 0) is 66.3 Å². The summed E-state index contributed by atoms with van der Waals surface area (Å²) in [6.45, 7) is 1.67. The molecule has 1 unspecified atom stereocenters. The minimum Gasteiger partial charge on any atom is -0.508 e. The molecular weight excluding hydrogens is 376 g/mol. The lowest BCUT2D eigenvalue weighted by molar-refractivity contribution is -0.135. The summed E-state index contributed by atoms with van der Waals surface area (Å²) in [7, 11) is 0. The Labute approximate surface area is 177 Å². The van der Waals surface area contributed by atoms with Gasteiger partial charge in [-0.3, -0.25) is 9.59 Å². The summed E-state index contributed by atoms with van der Waals surface area (Å²) in [6, 6.07) is 14.0. The van der Waals surface area contributed by atoms with Crippen LogP contribution >= 0.6 is 0 Å². The number of hydrogen-bond donors (Lipinski definition) is 2. The first-order chi connectivity index (χ1) is 14.4. The van der Waals surface area contributed by atoms with E-state index < -0.39 is 5.41 Å². The van der Waals surface area contributed by atoms with Gasteiger partial charge in [0.05, 0.1) is 12.0 Å². The molecule has 2 aromatic carbocycles. The summed E-state index contributed by atoms with van der Waals surface area (Å²) in [4.78, 5) is 26.3. The molecule has 1 saturated carbocycles. The molecule has 0 aliphatic heterocycles. The van der Waals surface area contributed by atoms with Gasteiger partial charge < -0.3 is 10.2 Å². The van der Waals surface area contributed by atoms with E-state index in [1.54, 1.807) is 43.3 Å². The van der Waals surface area contributed by atoms with Crippen molar-refractivity contribution in [1.82, 2.24) is 0 Å². The SMILES string of the molecule is CC(CC1CCC1)(C(=O)C=Cc1cccc(O)c1)C(=O)C=Cc1cccc(CO)c1. The lowest BCUT2D eigenvalue weighted by Crippen LogP contribution is -2.37. The number of phenolic OH excluding ortho intramolecular Hbond substituents is 1. The van der Waals surface area contributed by atoms with Crippen molar-refractivity contribution in [2.75, 3.05) is 0 Å². The minimum absolute atomic E-state index is 0.0622. The third-order valence-electron chi connectivity index (χ3n) is 5.87. The summed E-state index contributed by atoms with van der Waals surface area (Å²) in [5.74, 6) is 0.0833. The molecule has 4 heteroatoms. The molecule has 0 radical (unpaired) electrons. The highest BCUT2D eigenvalue weighted by Gasteiger charge is 2.41. The Balaban J connectivity index is 1.81. The highest BCUT2D eigenvalue weighted by molar-refractivity contribution is 6.17. The minimum atomic E-state index is -1.12. The van der Waals surface area contributed by atoms with Gasteiger partial charge >= 0.3 is 0 Å². The van der Waals surface area contributed by atoms with Crippen molar-refractivity contribution >= 4 is 23.7 Å². The molecule has 1 aliphatic rings. The fourth-order valence-corrected chi connectivity index (χ4v) is 3.73. The first-order valence-electron chi connectivity index (χ1n) is 10.3. The van der Waals surface area contributed by atoms with Crippen molar-refractivity contribution in [3.63, 3.8) is 0 Å². The van der Waals surface area contributed by atoms with Gasteiger partial charge in [0, 0.05) is 0 Å². The summed E-state index contributed by atoms with van der Waals surface area (Å²) in [6.07, 6.45) is 10.1. The summed E-state index contributed by atoms with van der Waals surface area (Å²) < 4.78 is 0. The van der Waals surface area contributed by atoms with Crippen LogP contribution < -0.4 is 0 Å². The number of hydrogen-bond acceptors (Lipinski definition) is 4. The van der Waals surface area contributed by atoms with Gasteiger partial charge in [0.25, 0.3) is 0 Å². The van der Waals surface area contributed by atoms with E-state index in [1.165, 1.54) is 12.2 Å². The molecule has 0 bridgehead atoms. The summed E-state index contributed by atoms with van der Waals surface area (Å²) in [5, 5.41) is 18.9. The van der Waals surface area contributed by atoms with Gasteiger partial charge in [0.15, 0.2) is 11.6 Å². The van der Waals surface area contributed by atoms with E-state index in [9.17, 15) is 19.8 Å². The second-order valence-electron chi connectivity index (χ2n) is 8.23. The van der Waals surface area contributed by atoms with E-state index >= 15 is 0 Å². The Morgan fingerprint density at radius 2 is 1.60 bits per heavy atom. The number of rotatable bonds is 9. The first kappa shape index (κ1) is 21.7. The second kappa shape index (κ2) is 9.68. The predicted octanol–water partition coefficient (Wildman–Crippen LogP) is 4.95. The smallest absolute Gasteiger partial charge is 0.169 e. The van der Waals surface area contributed by atoms with Crippen LogP contribution in [0.15, 0.2) is 60.7 Å². The van der Waals surface area contributed by atoms with E-state index in [1.807, 2.05) is 24.3 Å². The fraction of sp³-hybridized carbons (Fsp3) is 0.308. The van der Waals surface area contributed by atoms with Crippen LogP contribution in [0.1, 0.15) is 49.3 Å². The zero-order valence-corrected chi connectivity index (χ0v) is 17.3. The maximum atomic E-state index is 13.1. The number of aromatic hydroxyl groups is 1. The quantitative estimate of drug-likeness (QED) is 0.458. The largest absolute Gasteiger partial charge is 0.508 e. The number of aliphatic hydroxyl groups excluding tert-OH is 1. The monoisotopic (exact) mass is 404 g/mol. The molecule has 156 valence electrons. The Morgan fingerprint density at radius 3 is 2.13 bits per heavy atom. The molecule has 0 aromatic heterocycles. The molecule has 0 saturated heterocycles. The van der Waals surface area contributed by atoms with E-state index in [-0.39, 0.29) is 23.9 Å². The topological polar surface area (TPSA) is 74.6 Å². The van der Waals surface area contributed by atoms with Crippen LogP contribution in [0.5, 0.6) is 5.75 Å².